The molecule has 2 aromatic carbocycles. The summed E-state index contributed by atoms with van der Waals surface area (Å²) in [5.41, 5.74) is 1.13. The fourth-order valence-electron chi connectivity index (χ4n) is 2.81. The number of hydrogen-bond acceptors (Lipinski definition) is 4. The van der Waals surface area contributed by atoms with Gasteiger partial charge in [0.2, 0.25) is 5.91 Å². The Morgan fingerprint density at radius 3 is 2.74 bits per heavy atom. The number of carbonyl (C=O) groups is 2. The van der Waals surface area contributed by atoms with Gasteiger partial charge in [0, 0.05) is 23.9 Å². The first-order valence-corrected chi connectivity index (χ1v) is 9.13. The van der Waals surface area contributed by atoms with Gasteiger partial charge in [-0.2, -0.15) is 0 Å². The third-order valence-electron chi connectivity index (χ3n) is 4.34. The quantitative estimate of drug-likeness (QED) is 0.788. The molecule has 2 N–H and O–H groups in total. The summed E-state index contributed by atoms with van der Waals surface area (Å²) in [5.74, 6) is 0.0896. The summed E-state index contributed by atoms with van der Waals surface area (Å²) in [6, 6.07) is 15.3. The number of rotatable bonds is 7. The van der Waals surface area contributed by atoms with Gasteiger partial charge in [0.25, 0.3) is 5.91 Å². The SMILES string of the molecule is CC(NC(=O)c1ccccc1)C(=O)Nc1cccc(OCC2CCCO2)c1. The molecular weight excluding hydrogens is 344 g/mol. The minimum Gasteiger partial charge on any atom is -0.491 e. The van der Waals surface area contributed by atoms with Crippen molar-refractivity contribution < 1.29 is 19.1 Å². The van der Waals surface area contributed by atoms with E-state index < -0.39 is 6.04 Å². The first kappa shape index (κ1) is 18.9. The molecule has 3 rings (SSSR count). The van der Waals surface area contributed by atoms with Gasteiger partial charge in [0.15, 0.2) is 0 Å². The highest BCUT2D eigenvalue weighted by molar-refractivity contribution is 6.00. The van der Waals surface area contributed by atoms with E-state index in [1.807, 2.05) is 18.2 Å². The topological polar surface area (TPSA) is 76.7 Å². The Morgan fingerprint density at radius 1 is 1.19 bits per heavy atom. The molecule has 1 fully saturated rings. The van der Waals surface area contributed by atoms with Crippen LogP contribution in [-0.2, 0) is 9.53 Å². The van der Waals surface area contributed by atoms with Crippen LogP contribution >= 0.6 is 0 Å². The Balaban J connectivity index is 1.52. The van der Waals surface area contributed by atoms with Crippen LogP contribution in [0.5, 0.6) is 5.75 Å². The summed E-state index contributed by atoms with van der Waals surface area (Å²) in [6.07, 6.45) is 2.21. The average molecular weight is 368 g/mol. The lowest BCUT2D eigenvalue weighted by Crippen LogP contribution is -2.41. The van der Waals surface area contributed by atoms with Crippen LogP contribution in [0.15, 0.2) is 54.6 Å². The summed E-state index contributed by atoms with van der Waals surface area (Å²) in [6.45, 7) is 2.94. The fraction of sp³-hybridized carbons (Fsp3) is 0.333. The Kier molecular flexibility index (Phi) is 6.44. The summed E-state index contributed by atoms with van der Waals surface area (Å²) in [5, 5.41) is 5.50. The van der Waals surface area contributed by atoms with Crippen molar-refractivity contribution in [2.45, 2.75) is 31.9 Å². The Bertz CT molecular complexity index is 773. The zero-order chi connectivity index (χ0) is 19.1. The zero-order valence-corrected chi connectivity index (χ0v) is 15.3. The van der Waals surface area contributed by atoms with Gasteiger partial charge in [-0.05, 0) is 44.0 Å². The largest absolute Gasteiger partial charge is 0.491 e. The molecule has 2 atom stereocenters. The second-order valence-corrected chi connectivity index (χ2v) is 6.52. The van der Waals surface area contributed by atoms with E-state index in [4.69, 9.17) is 9.47 Å². The number of carbonyl (C=O) groups excluding carboxylic acids is 2. The average Bonchev–Trinajstić information content (AvgIpc) is 3.21. The molecule has 0 bridgehead atoms. The van der Waals surface area contributed by atoms with Crippen LogP contribution in [0.3, 0.4) is 0 Å². The third kappa shape index (κ3) is 5.56. The molecule has 0 radical (unpaired) electrons. The van der Waals surface area contributed by atoms with E-state index in [0.29, 0.717) is 23.6 Å². The van der Waals surface area contributed by atoms with Crippen molar-refractivity contribution in [1.29, 1.82) is 0 Å². The molecule has 1 aliphatic rings. The molecule has 0 saturated carbocycles. The number of benzene rings is 2. The van der Waals surface area contributed by atoms with Crippen molar-refractivity contribution in [2.75, 3.05) is 18.5 Å². The van der Waals surface area contributed by atoms with Gasteiger partial charge in [-0.1, -0.05) is 24.3 Å². The molecule has 2 amide bonds. The molecule has 2 aromatic rings. The van der Waals surface area contributed by atoms with E-state index in [0.717, 1.165) is 19.4 Å². The Labute approximate surface area is 158 Å². The van der Waals surface area contributed by atoms with Crippen molar-refractivity contribution in [3.63, 3.8) is 0 Å². The molecule has 27 heavy (non-hydrogen) atoms. The van der Waals surface area contributed by atoms with Crippen molar-refractivity contribution in [3.05, 3.63) is 60.2 Å². The van der Waals surface area contributed by atoms with Crippen LogP contribution in [0.4, 0.5) is 5.69 Å². The molecule has 6 heteroatoms. The summed E-state index contributed by atoms with van der Waals surface area (Å²) in [4.78, 5) is 24.5. The van der Waals surface area contributed by atoms with Gasteiger partial charge in [0.05, 0.1) is 6.10 Å². The van der Waals surface area contributed by atoms with Crippen molar-refractivity contribution in [1.82, 2.24) is 5.32 Å². The molecular formula is C21H24N2O4. The van der Waals surface area contributed by atoms with E-state index in [-0.39, 0.29) is 17.9 Å². The number of amides is 2. The highest BCUT2D eigenvalue weighted by Gasteiger charge is 2.18. The fourth-order valence-corrected chi connectivity index (χ4v) is 2.81. The van der Waals surface area contributed by atoms with E-state index in [2.05, 4.69) is 10.6 Å². The molecule has 6 nitrogen and oxygen atoms in total. The molecule has 1 saturated heterocycles. The van der Waals surface area contributed by atoms with Gasteiger partial charge >= 0.3 is 0 Å². The maximum absolute atomic E-state index is 12.4. The van der Waals surface area contributed by atoms with E-state index >= 15 is 0 Å². The summed E-state index contributed by atoms with van der Waals surface area (Å²) < 4.78 is 11.3. The first-order valence-electron chi connectivity index (χ1n) is 9.13. The van der Waals surface area contributed by atoms with Crippen LogP contribution in [0.25, 0.3) is 0 Å². The zero-order valence-electron chi connectivity index (χ0n) is 15.3. The highest BCUT2D eigenvalue weighted by atomic mass is 16.5. The van der Waals surface area contributed by atoms with Gasteiger partial charge in [-0.3, -0.25) is 9.59 Å². The van der Waals surface area contributed by atoms with Crippen molar-refractivity contribution >= 4 is 17.5 Å². The molecule has 1 aliphatic heterocycles. The molecule has 2 unspecified atom stereocenters. The highest BCUT2D eigenvalue weighted by Crippen LogP contribution is 2.20. The van der Waals surface area contributed by atoms with Crippen LogP contribution in [0, 0.1) is 0 Å². The summed E-state index contributed by atoms with van der Waals surface area (Å²) in [7, 11) is 0. The van der Waals surface area contributed by atoms with Crippen molar-refractivity contribution in [3.8, 4) is 5.75 Å². The standard InChI is InChI=1S/C21H24N2O4/c1-15(22-21(25)16-7-3-2-4-8-16)20(24)23-17-9-5-10-18(13-17)27-14-19-11-6-12-26-19/h2-5,7-10,13,15,19H,6,11-12,14H2,1H3,(H,22,25)(H,23,24). The predicted octanol–water partition coefficient (Wildman–Crippen LogP) is 3.00. The van der Waals surface area contributed by atoms with Crippen LogP contribution in [0.2, 0.25) is 0 Å². The third-order valence-corrected chi connectivity index (χ3v) is 4.34. The normalized spacial score (nSPS) is 17.1. The molecule has 1 heterocycles. The lowest BCUT2D eigenvalue weighted by molar-refractivity contribution is -0.117. The molecule has 142 valence electrons. The number of nitrogens with one attached hydrogen (secondary N) is 2. The second-order valence-electron chi connectivity index (χ2n) is 6.52. The van der Waals surface area contributed by atoms with Gasteiger partial charge in [-0.25, -0.2) is 0 Å². The second kappa shape index (κ2) is 9.19. The first-order chi connectivity index (χ1) is 13.1. The summed E-state index contributed by atoms with van der Waals surface area (Å²) >= 11 is 0. The monoisotopic (exact) mass is 368 g/mol. The maximum Gasteiger partial charge on any atom is 0.251 e. The Morgan fingerprint density at radius 2 is 2.00 bits per heavy atom. The molecule has 0 aromatic heterocycles. The van der Waals surface area contributed by atoms with E-state index in [1.54, 1.807) is 43.3 Å². The van der Waals surface area contributed by atoms with Crippen molar-refractivity contribution in [2.24, 2.45) is 0 Å². The van der Waals surface area contributed by atoms with E-state index in [9.17, 15) is 9.59 Å². The minimum absolute atomic E-state index is 0.136. The maximum atomic E-state index is 12.4. The van der Waals surface area contributed by atoms with Crippen LogP contribution in [-0.4, -0.2) is 37.2 Å². The van der Waals surface area contributed by atoms with E-state index in [1.165, 1.54) is 0 Å². The minimum atomic E-state index is -0.672. The lowest BCUT2D eigenvalue weighted by atomic mass is 10.2. The molecule has 0 aliphatic carbocycles. The van der Waals surface area contributed by atoms with Crippen LogP contribution in [0.1, 0.15) is 30.1 Å². The van der Waals surface area contributed by atoms with Gasteiger partial charge in [-0.15, -0.1) is 0 Å². The smallest absolute Gasteiger partial charge is 0.251 e. The van der Waals surface area contributed by atoms with Crippen LogP contribution < -0.4 is 15.4 Å². The Hall–Kier alpha value is -2.86. The molecule has 0 spiro atoms. The number of anilines is 1. The van der Waals surface area contributed by atoms with Gasteiger partial charge < -0.3 is 20.1 Å². The lowest BCUT2D eigenvalue weighted by Gasteiger charge is -2.15. The predicted molar refractivity (Wildman–Crippen MR) is 103 cm³/mol. The number of hydrogen-bond donors (Lipinski definition) is 2. The van der Waals surface area contributed by atoms with Gasteiger partial charge in [0.1, 0.15) is 18.4 Å². The number of ether oxygens (including phenoxy) is 2.